The molecule has 3 N–H and O–H groups in total. The summed E-state index contributed by atoms with van der Waals surface area (Å²) >= 11 is 5.39. The van der Waals surface area contributed by atoms with E-state index >= 15 is 0 Å². The molecule has 1 aliphatic heterocycles. The molecule has 10 heavy (non-hydrogen) atoms. The minimum atomic E-state index is -1.10. The van der Waals surface area contributed by atoms with Gasteiger partial charge in [-0.3, -0.25) is 0 Å². The molecule has 0 aromatic rings. The molecule has 0 spiro atoms. The zero-order valence-electron chi connectivity index (χ0n) is 5.14. The normalized spacial score (nSPS) is 48.0. The summed E-state index contributed by atoms with van der Waals surface area (Å²) in [5.41, 5.74) is -0.910. The Hall–Kier alpha value is 0.130. The third-order valence-electron chi connectivity index (χ3n) is 1.48. The minimum Gasteiger partial charge on any atom is -0.394 e. The highest BCUT2D eigenvalue weighted by atomic mass is 35.5. The van der Waals surface area contributed by atoms with Crippen molar-refractivity contribution in [2.45, 2.75) is 23.9 Å². The van der Waals surface area contributed by atoms with Crippen LogP contribution < -0.4 is 0 Å². The fourth-order valence-electron chi connectivity index (χ4n) is 0.854. The Morgan fingerprint density at radius 1 is 1.30 bits per heavy atom. The molecule has 1 unspecified atom stereocenters. The van der Waals surface area contributed by atoms with Crippen LogP contribution in [0.25, 0.3) is 0 Å². The fourth-order valence-corrected chi connectivity index (χ4v) is 1.14. The second-order valence-corrected chi connectivity index (χ2v) is 2.62. The van der Waals surface area contributed by atoms with E-state index in [-0.39, 0.29) is 6.61 Å². The highest BCUT2D eigenvalue weighted by Gasteiger charge is 2.40. The van der Waals surface area contributed by atoms with Crippen molar-refractivity contribution in [1.29, 1.82) is 0 Å². The van der Waals surface area contributed by atoms with Crippen LogP contribution in [0.15, 0.2) is 0 Å². The van der Waals surface area contributed by atoms with Gasteiger partial charge in [-0.05, 0) is 0 Å². The Morgan fingerprint density at radius 2 is 1.90 bits per heavy atom. The Bertz CT molecular complexity index is 120. The van der Waals surface area contributed by atoms with Gasteiger partial charge in [0.15, 0.2) is 5.56 Å². The van der Waals surface area contributed by atoms with Crippen LogP contribution in [0.2, 0.25) is 0 Å². The van der Waals surface area contributed by atoms with Crippen molar-refractivity contribution in [2.24, 2.45) is 0 Å². The van der Waals surface area contributed by atoms with E-state index in [0.717, 1.165) is 0 Å². The van der Waals surface area contributed by atoms with E-state index in [2.05, 4.69) is 0 Å². The van der Waals surface area contributed by atoms with Gasteiger partial charge in [0.25, 0.3) is 0 Å². The van der Waals surface area contributed by atoms with Crippen molar-refractivity contribution >= 4 is 11.6 Å². The second-order valence-electron chi connectivity index (χ2n) is 2.19. The smallest absolute Gasteiger partial charge is 0.160 e. The molecule has 0 bridgehead atoms. The standard InChI is InChI=1S/C5H9ClO4/c6-5-4(9)3(8)2(1-7)10-5/h2-5,7-9H,1H2/t2-,3+,4+,5?/m1/s1. The summed E-state index contributed by atoms with van der Waals surface area (Å²) in [5, 5.41) is 26.5. The van der Waals surface area contributed by atoms with E-state index in [0.29, 0.717) is 0 Å². The molecule has 5 heteroatoms. The highest BCUT2D eigenvalue weighted by Crippen LogP contribution is 2.23. The maximum atomic E-state index is 9.01. The predicted octanol–water partition coefficient (Wildman–Crippen LogP) is -1.34. The predicted molar refractivity (Wildman–Crippen MR) is 33.6 cm³/mol. The highest BCUT2D eigenvalue weighted by molar-refractivity contribution is 6.20. The van der Waals surface area contributed by atoms with Gasteiger partial charge in [0.1, 0.15) is 18.3 Å². The summed E-state index contributed by atoms with van der Waals surface area (Å²) < 4.78 is 4.75. The number of rotatable bonds is 1. The van der Waals surface area contributed by atoms with Crippen LogP contribution in [0.5, 0.6) is 0 Å². The molecule has 0 amide bonds. The van der Waals surface area contributed by atoms with Gasteiger partial charge < -0.3 is 20.1 Å². The average Bonchev–Trinajstić information content (AvgIpc) is 2.17. The van der Waals surface area contributed by atoms with Crippen LogP contribution in [-0.4, -0.2) is 45.8 Å². The van der Waals surface area contributed by atoms with Crippen molar-refractivity contribution in [3.63, 3.8) is 0 Å². The van der Waals surface area contributed by atoms with Crippen LogP contribution in [0.4, 0.5) is 0 Å². The first-order valence-electron chi connectivity index (χ1n) is 2.93. The van der Waals surface area contributed by atoms with Crippen LogP contribution in [0.1, 0.15) is 0 Å². The van der Waals surface area contributed by atoms with E-state index in [1.807, 2.05) is 0 Å². The van der Waals surface area contributed by atoms with Gasteiger partial charge in [-0.15, -0.1) is 0 Å². The first-order chi connectivity index (χ1) is 4.66. The van der Waals surface area contributed by atoms with Crippen molar-refractivity contribution in [3.8, 4) is 0 Å². The van der Waals surface area contributed by atoms with E-state index in [9.17, 15) is 0 Å². The largest absolute Gasteiger partial charge is 0.394 e. The van der Waals surface area contributed by atoms with Crippen LogP contribution in [0, 0.1) is 0 Å². The van der Waals surface area contributed by atoms with Crippen molar-refractivity contribution in [3.05, 3.63) is 0 Å². The lowest BCUT2D eigenvalue weighted by Gasteiger charge is -2.09. The maximum absolute atomic E-state index is 9.01. The summed E-state index contributed by atoms with van der Waals surface area (Å²) in [7, 11) is 0. The molecule has 1 aliphatic rings. The second kappa shape index (κ2) is 3.02. The lowest BCUT2D eigenvalue weighted by atomic mass is 10.2. The molecule has 4 atom stereocenters. The fraction of sp³-hybridized carbons (Fsp3) is 1.00. The first kappa shape index (κ1) is 8.23. The van der Waals surface area contributed by atoms with Crippen LogP contribution in [0.3, 0.4) is 0 Å². The number of hydrogen-bond donors (Lipinski definition) is 3. The van der Waals surface area contributed by atoms with Gasteiger partial charge >= 0.3 is 0 Å². The topological polar surface area (TPSA) is 69.9 Å². The molecule has 0 aromatic heterocycles. The first-order valence-corrected chi connectivity index (χ1v) is 3.37. The lowest BCUT2D eigenvalue weighted by Crippen LogP contribution is -2.32. The number of alkyl halides is 1. The maximum Gasteiger partial charge on any atom is 0.160 e. The Labute approximate surface area is 63.0 Å². The Kier molecular flexibility index (Phi) is 2.49. The summed E-state index contributed by atoms with van der Waals surface area (Å²) in [6, 6.07) is 0. The molecular weight excluding hydrogens is 160 g/mol. The van der Waals surface area contributed by atoms with Crippen molar-refractivity contribution in [2.75, 3.05) is 6.61 Å². The van der Waals surface area contributed by atoms with Gasteiger partial charge in [-0.1, -0.05) is 11.6 Å². The molecule has 1 fully saturated rings. The third-order valence-corrected chi connectivity index (χ3v) is 1.85. The summed E-state index contributed by atoms with van der Waals surface area (Å²) in [5.74, 6) is 0. The van der Waals surface area contributed by atoms with Gasteiger partial charge in [-0.25, -0.2) is 0 Å². The number of ether oxygens (including phenoxy) is 1. The molecular formula is C5H9ClO4. The average molecular weight is 169 g/mol. The summed E-state index contributed by atoms with van der Waals surface area (Å²) in [4.78, 5) is 0. The minimum absolute atomic E-state index is 0.332. The van der Waals surface area contributed by atoms with Crippen LogP contribution >= 0.6 is 11.6 Å². The molecule has 0 radical (unpaired) electrons. The van der Waals surface area contributed by atoms with E-state index in [4.69, 9.17) is 31.7 Å². The SMILES string of the molecule is OC[C@H]1OC(Cl)[C@@H](O)[C@H]1O. The van der Waals surface area contributed by atoms with Gasteiger partial charge in [-0.2, -0.15) is 0 Å². The van der Waals surface area contributed by atoms with Gasteiger partial charge in [0.05, 0.1) is 6.61 Å². The Morgan fingerprint density at radius 3 is 2.10 bits per heavy atom. The zero-order valence-corrected chi connectivity index (χ0v) is 5.90. The number of aliphatic hydroxyl groups is 3. The van der Waals surface area contributed by atoms with Crippen LogP contribution in [-0.2, 0) is 4.74 Å². The monoisotopic (exact) mass is 168 g/mol. The quantitative estimate of drug-likeness (QED) is 0.424. The van der Waals surface area contributed by atoms with Crippen molar-refractivity contribution in [1.82, 2.24) is 0 Å². The van der Waals surface area contributed by atoms with E-state index < -0.39 is 23.9 Å². The molecule has 0 aliphatic carbocycles. The zero-order chi connectivity index (χ0) is 7.72. The van der Waals surface area contributed by atoms with Gasteiger partial charge in [0, 0.05) is 0 Å². The molecule has 0 aromatic carbocycles. The molecule has 0 saturated carbocycles. The number of aliphatic hydroxyl groups excluding tert-OH is 3. The Balaban J connectivity index is 2.53. The summed E-state index contributed by atoms with van der Waals surface area (Å²) in [6.45, 7) is -0.332. The third kappa shape index (κ3) is 1.26. The molecule has 1 saturated heterocycles. The summed E-state index contributed by atoms with van der Waals surface area (Å²) in [6.07, 6.45) is -2.93. The molecule has 1 heterocycles. The van der Waals surface area contributed by atoms with E-state index in [1.54, 1.807) is 0 Å². The molecule has 4 nitrogen and oxygen atoms in total. The van der Waals surface area contributed by atoms with E-state index in [1.165, 1.54) is 0 Å². The number of halogens is 1. The molecule has 60 valence electrons. The lowest BCUT2D eigenvalue weighted by molar-refractivity contribution is -0.00869. The van der Waals surface area contributed by atoms with Crippen molar-refractivity contribution < 1.29 is 20.1 Å². The van der Waals surface area contributed by atoms with Gasteiger partial charge in [0.2, 0.25) is 0 Å². The molecule has 1 rings (SSSR count). The number of hydrogen-bond acceptors (Lipinski definition) is 4.